The van der Waals surface area contributed by atoms with E-state index in [1.54, 1.807) is 6.07 Å². The molecule has 0 saturated heterocycles. The minimum Gasteiger partial charge on any atom is -0.490 e. The number of carboxylic acid groups (broad SMARTS) is 1. The number of rotatable bonds is 4. The lowest BCUT2D eigenvalue weighted by atomic mass is 10.1. The molecule has 126 valence electrons. The Balaban J connectivity index is 1.75. The third kappa shape index (κ3) is 3.59. The van der Waals surface area contributed by atoms with Gasteiger partial charge in [0.15, 0.2) is 11.5 Å². The van der Waals surface area contributed by atoms with Gasteiger partial charge in [-0.05, 0) is 31.4 Å². The molecule has 1 heterocycles. The Hall–Kier alpha value is -1.80. The van der Waals surface area contributed by atoms with Crippen molar-refractivity contribution >= 4 is 16.0 Å². The topological polar surface area (TPSA) is 102 Å². The summed E-state index contributed by atoms with van der Waals surface area (Å²) in [7, 11) is -3.72. The van der Waals surface area contributed by atoms with Crippen molar-refractivity contribution in [2.24, 2.45) is 5.92 Å². The molecule has 0 unspecified atom stereocenters. The van der Waals surface area contributed by atoms with Gasteiger partial charge in [0.25, 0.3) is 0 Å². The lowest BCUT2D eigenvalue weighted by Gasteiger charge is -2.14. The fraction of sp³-hybridized carbons (Fsp3) is 0.533. The van der Waals surface area contributed by atoms with Crippen molar-refractivity contribution in [1.82, 2.24) is 4.72 Å². The molecule has 1 aliphatic carbocycles. The molecule has 2 N–H and O–H groups in total. The van der Waals surface area contributed by atoms with Crippen LogP contribution < -0.4 is 14.2 Å². The first-order valence-electron chi connectivity index (χ1n) is 7.60. The van der Waals surface area contributed by atoms with Crippen molar-refractivity contribution in [3.63, 3.8) is 0 Å². The number of hydrogen-bond donors (Lipinski definition) is 2. The summed E-state index contributed by atoms with van der Waals surface area (Å²) in [4.78, 5) is 11.1. The van der Waals surface area contributed by atoms with Gasteiger partial charge in [0, 0.05) is 18.5 Å². The van der Waals surface area contributed by atoms with Gasteiger partial charge < -0.3 is 14.6 Å². The second-order valence-corrected chi connectivity index (χ2v) is 7.54. The predicted molar refractivity (Wildman–Crippen MR) is 81.1 cm³/mol. The van der Waals surface area contributed by atoms with Gasteiger partial charge in [-0.25, -0.2) is 13.1 Å². The third-order valence-electron chi connectivity index (χ3n) is 4.13. The minimum atomic E-state index is -3.72. The first-order chi connectivity index (χ1) is 11.0. The van der Waals surface area contributed by atoms with E-state index < -0.39 is 21.9 Å². The second-order valence-electron chi connectivity index (χ2n) is 5.83. The largest absolute Gasteiger partial charge is 0.490 e. The molecule has 1 aromatic rings. The van der Waals surface area contributed by atoms with E-state index in [4.69, 9.17) is 14.6 Å². The highest BCUT2D eigenvalue weighted by Gasteiger charge is 2.32. The molecule has 0 spiro atoms. The maximum Gasteiger partial charge on any atom is 0.306 e. The monoisotopic (exact) mass is 341 g/mol. The zero-order valence-electron chi connectivity index (χ0n) is 12.5. The zero-order valence-corrected chi connectivity index (χ0v) is 13.3. The van der Waals surface area contributed by atoms with Gasteiger partial charge in [0.1, 0.15) is 0 Å². The van der Waals surface area contributed by atoms with Crippen LogP contribution in [0.5, 0.6) is 11.5 Å². The van der Waals surface area contributed by atoms with Gasteiger partial charge in [0.2, 0.25) is 10.0 Å². The van der Waals surface area contributed by atoms with E-state index >= 15 is 0 Å². The zero-order chi connectivity index (χ0) is 16.4. The molecule has 2 atom stereocenters. The van der Waals surface area contributed by atoms with Gasteiger partial charge in [-0.3, -0.25) is 4.79 Å². The van der Waals surface area contributed by atoms with E-state index in [9.17, 15) is 13.2 Å². The summed E-state index contributed by atoms with van der Waals surface area (Å²) in [6.07, 6.45) is 2.08. The average Bonchev–Trinajstić information content (AvgIpc) is 2.83. The van der Waals surface area contributed by atoms with Crippen LogP contribution in [0.2, 0.25) is 0 Å². The molecule has 1 aromatic carbocycles. The molecular weight excluding hydrogens is 322 g/mol. The maximum absolute atomic E-state index is 12.5. The standard InChI is InChI=1S/C15H19NO6S/c17-15(18)10-2-3-11(8-10)16-23(19,20)12-4-5-13-14(9-12)22-7-1-6-21-13/h4-5,9-11,16H,1-3,6-8H2,(H,17,18)/t10-,11+/m1/s1. The van der Waals surface area contributed by atoms with Crippen molar-refractivity contribution in [2.75, 3.05) is 13.2 Å². The number of fused-ring (bicyclic) bond motifs is 1. The van der Waals surface area contributed by atoms with Crippen LogP contribution in [0, 0.1) is 5.92 Å². The van der Waals surface area contributed by atoms with Crippen LogP contribution >= 0.6 is 0 Å². The summed E-state index contributed by atoms with van der Waals surface area (Å²) in [5, 5.41) is 9.00. The molecule has 2 aliphatic rings. The van der Waals surface area contributed by atoms with Crippen molar-refractivity contribution < 1.29 is 27.8 Å². The Kier molecular flexibility index (Phi) is 4.45. The van der Waals surface area contributed by atoms with Crippen LogP contribution in [-0.2, 0) is 14.8 Å². The summed E-state index contributed by atoms with van der Waals surface area (Å²) in [5.74, 6) is -0.401. The first-order valence-corrected chi connectivity index (χ1v) is 9.09. The van der Waals surface area contributed by atoms with Crippen LogP contribution in [0.25, 0.3) is 0 Å². The molecule has 23 heavy (non-hydrogen) atoms. The summed E-state index contributed by atoms with van der Waals surface area (Å²) < 4.78 is 38.5. The summed E-state index contributed by atoms with van der Waals surface area (Å²) >= 11 is 0. The fourth-order valence-electron chi connectivity index (χ4n) is 2.91. The Morgan fingerprint density at radius 1 is 1.17 bits per heavy atom. The van der Waals surface area contributed by atoms with Crippen LogP contribution in [0.15, 0.2) is 23.1 Å². The summed E-state index contributed by atoms with van der Waals surface area (Å²) in [6, 6.07) is 4.16. The number of hydrogen-bond acceptors (Lipinski definition) is 5. The van der Waals surface area contributed by atoms with Gasteiger partial charge in [-0.1, -0.05) is 0 Å². The SMILES string of the molecule is O=C(O)[C@@H]1CC[C@H](NS(=O)(=O)c2ccc3c(c2)OCCCO3)C1. The molecule has 1 saturated carbocycles. The van der Waals surface area contributed by atoms with Crippen molar-refractivity contribution in [1.29, 1.82) is 0 Å². The van der Waals surface area contributed by atoms with Crippen molar-refractivity contribution in [3.8, 4) is 11.5 Å². The van der Waals surface area contributed by atoms with Crippen molar-refractivity contribution in [3.05, 3.63) is 18.2 Å². The molecule has 1 aliphatic heterocycles. The molecule has 7 nitrogen and oxygen atoms in total. The lowest BCUT2D eigenvalue weighted by molar-refractivity contribution is -0.141. The van der Waals surface area contributed by atoms with Crippen LogP contribution in [0.1, 0.15) is 25.7 Å². The molecule has 0 bridgehead atoms. The number of ether oxygens (including phenoxy) is 2. The lowest BCUT2D eigenvalue weighted by Crippen LogP contribution is -2.33. The van der Waals surface area contributed by atoms with Crippen LogP contribution in [0.3, 0.4) is 0 Å². The number of nitrogens with one attached hydrogen (secondary N) is 1. The predicted octanol–water partition coefficient (Wildman–Crippen LogP) is 1.38. The number of aliphatic carboxylic acids is 1. The first kappa shape index (κ1) is 16.1. The number of carbonyl (C=O) groups is 1. The van der Waals surface area contributed by atoms with E-state index in [-0.39, 0.29) is 10.9 Å². The highest BCUT2D eigenvalue weighted by molar-refractivity contribution is 7.89. The summed E-state index contributed by atoms with van der Waals surface area (Å²) in [5.41, 5.74) is 0. The summed E-state index contributed by atoms with van der Waals surface area (Å²) in [6.45, 7) is 1.02. The average molecular weight is 341 g/mol. The molecular formula is C15H19NO6S. The second kappa shape index (κ2) is 6.37. The van der Waals surface area contributed by atoms with E-state index in [2.05, 4.69) is 4.72 Å². The molecule has 0 amide bonds. The highest BCUT2D eigenvalue weighted by Crippen LogP contribution is 2.33. The molecule has 3 rings (SSSR count). The van der Waals surface area contributed by atoms with E-state index in [0.717, 1.165) is 6.42 Å². The van der Waals surface area contributed by atoms with Gasteiger partial charge in [0.05, 0.1) is 24.0 Å². The fourth-order valence-corrected chi connectivity index (χ4v) is 4.21. The van der Waals surface area contributed by atoms with E-state index in [0.29, 0.717) is 44.0 Å². The molecule has 0 radical (unpaired) electrons. The quantitative estimate of drug-likeness (QED) is 0.858. The van der Waals surface area contributed by atoms with Gasteiger partial charge >= 0.3 is 5.97 Å². The Bertz CT molecular complexity index is 702. The van der Waals surface area contributed by atoms with Crippen LogP contribution in [-0.4, -0.2) is 38.7 Å². The number of benzene rings is 1. The Labute approximate surface area is 134 Å². The molecule has 1 fully saturated rings. The highest BCUT2D eigenvalue weighted by atomic mass is 32.2. The smallest absolute Gasteiger partial charge is 0.306 e. The molecule has 0 aromatic heterocycles. The Morgan fingerprint density at radius 3 is 2.61 bits per heavy atom. The normalized spacial score (nSPS) is 24.2. The third-order valence-corrected chi connectivity index (χ3v) is 5.65. The van der Waals surface area contributed by atoms with Crippen molar-refractivity contribution in [2.45, 2.75) is 36.6 Å². The van der Waals surface area contributed by atoms with Crippen LogP contribution in [0.4, 0.5) is 0 Å². The number of carboxylic acids is 1. The van der Waals surface area contributed by atoms with E-state index in [1.807, 2.05) is 0 Å². The van der Waals surface area contributed by atoms with Gasteiger partial charge in [-0.15, -0.1) is 0 Å². The maximum atomic E-state index is 12.5. The molecule has 8 heteroatoms. The van der Waals surface area contributed by atoms with Gasteiger partial charge in [-0.2, -0.15) is 0 Å². The Morgan fingerprint density at radius 2 is 1.91 bits per heavy atom. The van der Waals surface area contributed by atoms with E-state index in [1.165, 1.54) is 12.1 Å². The number of sulfonamides is 1. The minimum absolute atomic E-state index is 0.0977.